The summed E-state index contributed by atoms with van der Waals surface area (Å²) in [6.45, 7) is 5.33. The monoisotopic (exact) mass is 400 g/mol. The highest BCUT2D eigenvalue weighted by molar-refractivity contribution is 5.95. The van der Waals surface area contributed by atoms with Crippen molar-refractivity contribution in [2.45, 2.75) is 33.6 Å². The number of nitrogens with zero attached hydrogens (tertiary/aromatic N) is 1. The number of aryl methyl sites for hydroxylation is 3. The minimum Gasteiger partial charge on any atom is -0.494 e. The Balaban J connectivity index is 1.75. The quantitative estimate of drug-likeness (QED) is 0.296. The maximum absolute atomic E-state index is 12.0. The van der Waals surface area contributed by atoms with Crippen LogP contribution in [0.5, 0.6) is 5.75 Å². The van der Waals surface area contributed by atoms with Crippen molar-refractivity contribution in [3.63, 3.8) is 0 Å². The molecule has 8 heteroatoms. The third kappa shape index (κ3) is 6.91. The lowest BCUT2D eigenvalue weighted by Gasteiger charge is -2.10. The number of anilines is 1. The molecule has 0 heterocycles. The molecule has 0 aliphatic heterocycles. The van der Waals surface area contributed by atoms with Crippen LogP contribution in [0.2, 0.25) is 0 Å². The molecule has 0 unspecified atom stereocenters. The Labute approximate surface area is 169 Å². The lowest BCUT2D eigenvalue weighted by atomic mass is 10.1. The fourth-order valence-electron chi connectivity index (χ4n) is 2.57. The zero-order chi connectivity index (χ0) is 21.4. The molecule has 1 amide bonds. The maximum Gasteiger partial charge on any atom is 0.306 e. The number of nitro groups is 1. The molecule has 0 saturated heterocycles. The van der Waals surface area contributed by atoms with Crippen molar-refractivity contribution in [1.82, 2.24) is 0 Å². The highest BCUT2D eigenvalue weighted by Crippen LogP contribution is 2.27. The number of carbonyl (C=O) groups excluding carboxylic acids is 2. The van der Waals surface area contributed by atoms with Gasteiger partial charge in [-0.3, -0.25) is 19.7 Å². The van der Waals surface area contributed by atoms with Crippen molar-refractivity contribution in [2.24, 2.45) is 0 Å². The van der Waals surface area contributed by atoms with Crippen molar-refractivity contribution >= 4 is 23.3 Å². The van der Waals surface area contributed by atoms with Crippen molar-refractivity contribution < 1.29 is 24.0 Å². The first kappa shape index (κ1) is 21.9. The van der Waals surface area contributed by atoms with E-state index in [1.807, 2.05) is 31.2 Å². The molecule has 0 bridgehead atoms. The van der Waals surface area contributed by atoms with E-state index in [1.165, 1.54) is 12.1 Å². The van der Waals surface area contributed by atoms with Gasteiger partial charge in [0.1, 0.15) is 11.4 Å². The van der Waals surface area contributed by atoms with Crippen LogP contribution in [0.15, 0.2) is 36.4 Å². The van der Waals surface area contributed by atoms with E-state index in [1.54, 1.807) is 13.8 Å². The number of ether oxygens (including phenoxy) is 2. The number of rotatable bonds is 9. The summed E-state index contributed by atoms with van der Waals surface area (Å²) in [6.07, 6.45) is 0.542. The number of nitrogens with one attached hydrogen (secondary N) is 1. The topological polar surface area (TPSA) is 108 Å². The third-order valence-electron chi connectivity index (χ3n) is 4.23. The van der Waals surface area contributed by atoms with Crippen molar-refractivity contribution in [1.29, 1.82) is 0 Å². The van der Waals surface area contributed by atoms with Gasteiger partial charge in [-0.05, 0) is 62.1 Å². The molecule has 0 fully saturated rings. The SMILES string of the molecule is Cc1cccc(OCCCC(=O)OCC(=O)Nc2cc(C)c(C)cc2[N+](=O)[O-])c1. The summed E-state index contributed by atoms with van der Waals surface area (Å²) >= 11 is 0. The summed E-state index contributed by atoms with van der Waals surface area (Å²) in [5.41, 5.74) is 2.49. The molecule has 154 valence electrons. The zero-order valence-electron chi connectivity index (χ0n) is 16.7. The summed E-state index contributed by atoms with van der Waals surface area (Å²) in [4.78, 5) is 34.4. The van der Waals surface area contributed by atoms with Gasteiger partial charge < -0.3 is 14.8 Å². The molecule has 2 rings (SSSR count). The Morgan fingerprint density at radius 1 is 1.10 bits per heavy atom. The number of nitro benzene ring substituents is 1. The maximum atomic E-state index is 12.0. The molecule has 8 nitrogen and oxygen atoms in total. The van der Waals surface area contributed by atoms with Crippen LogP contribution in [-0.2, 0) is 14.3 Å². The van der Waals surface area contributed by atoms with Gasteiger partial charge >= 0.3 is 5.97 Å². The summed E-state index contributed by atoms with van der Waals surface area (Å²) in [6, 6.07) is 10.5. The Kier molecular flexibility index (Phi) is 7.70. The lowest BCUT2D eigenvalue weighted by Crippen LogP contribution is -2.21. The molecule has 0 aliphatic rings. The van der Waals surface area contributed by atoms with E-state index in [4.69, 9.17) is 9.47 Å². The predicted octanol–water partition coefficient (Wildman–Crippen LogP) is 3.86. The third-order valence-corrected chi connectivity index (χ3v) is 4.23. The van der Waals surface area contributed by atoms with Crippen molar-refractivity contribution in [3.8, 4) is 5.75 Å². The molecular formula is C21H24N2O6. The Hall–Kier alpha value is -3.42. The van der Waals surface area contributed by atoms with Gasteiger partial charge in [-0.2, -0.15) is 0 Å². The van der Waals surface area contributed by atoms with Gasteiger partial charge in [0.25, 0.3) is 11.6 Å². The van der Waals surface area contributed by atoms with Gasteiger partial charge in [0.2, 0.25) is 0 Å². The molecule has 0 aliphatic carbocycles. The second-order valence-corrected chi connectivity index (χ2v) is 6.69. The Morgan fingerprint density at radius 3 is 2.52 bits per heavy atom. The number of carbonyl (C=O) groups is 2. The van der Waals surface area contributed by atoms with Crippen LogP contribution in [0, 0.1) is 30.9 Å². The van der Waals surface area contributed by atoms with Gasteiger partial charge in [-0.1, -0.05) is 12.1 Å². The van der Waals surface area contributed by atoms with E-state index < -0.39 is 23.4 Å². The number of hydrogen-bond donors (Lipinski definition) is 1. The fourth-order valence-corrected chi connectivity index (χ4v) is 2.57. The normalized spacial score (nSPS) is 10.3. The molecule has 0 spiro atoms. The standard InChI is InChI=1S/C21H24N2O6/c1-14-6-4-7-17(10-14)28-9-5-8-21(25)29-13-20(24)22-18-11-15(2)16(3)12-19(18)23(26)27/h4,6-7,10-12H,5,8-9,13H2,1-3H3,(H,22,24). The molecular weight excluding hydrogens is 376 g/mol. The van der Waals surface area contributed by atoms with Crippen LogP contribution >= 0.6 is 0 Å². The van der Waals surface area contributed by atoms with E-state index in [0.29, 0.717) is 13.0 Å². The van der Waals surface area contributed by atoms with Crippen LogP contribution in [-0.4, -0.2) is 30.0 Å². The zero-order valence-corrected chi connectivity index (χ0v) is 16.7. The predicted molar refractivity (Wildman–Crippen MR) is 108 cm³/mol. The molecule has 29 heavy (non-hydrogen) atoms. The Bertz CT molecular complexity index is 910. The highest BCUT2D eigenvalue weighted by atomic mass is 16.6. The van der Waals surface area contributed by atoms with Gasteiger partial charge in [-0.25, -0.2) is 0 Å². The number of benzene rings is 2. The molecule has 2 aromatic rings. The summed E-state index contributed by atoms with van der Waals surface area (Å²) < 4.78 is 10.5. The average molecular weight is 400 g/mol. The van der Waals surface area contributed by atoms with E-state index in [-0.39, 0.29) is 17.8 Å². The van der Waals surface area contributed by atoms with Gasteiger partial charge in [0.15, 0.2) is 6.61 Å². The second kappa shape index (κ2) is 10.2. The van der Waals surface area contributed by atoms with E-state index in [9.17, 15) is 19.7 Å². The Morgan fingerprint density at radius 2 is 1.83 bits per heavy atom. The number of hydrogen-bond acceptors (Lipinski definition) is 6. The first-order valence-electron chi connectivity index (χ1n) is 9.17. The first-order valence-corrected chi connectivity index (χ1v) is 9.17. The average Bonchev–Trinajstić information content (AvgIpc) is 2.66. The smallest absolute Gasteiger partial charge is 0.306 e. The minimum absolute atomic E-state index is 0.0747. The summed E-state index contributed by atoms with van der Waals surface area (Å²) in [7, 11) is 0. The largest absolute Gasteiger partial charge is 0.494 e. The number of esters is 1. The van der Waals surface area contributed by atoms with Crippen molar-refractivity contribution in [3.05, 3.63) is 63.2 Å². The van der Waals surface area contributed by atoms with Crippen LogP contribution in [0.3, 0.4) is 0 Å². The van der Waals surface area contributed by atoms with Crippen LogP contribution in [0.4, 0.5) is 11.4 Å². The summed E-state index contributed by atoms with van der Waals surface area (Å²) in [5, 5.41) is 13.6. The van der Waals surface area contributed by atoms with E-state index in [0.717, 1.165) is 22.4 Å². The van der Waals surface area contributed by atoms with Gasteiger partial charge in [-0.15, -0.1) is 0 Å². The van der Waals surface area contributed by atoms with Gasteiger partial charge in [0.05, 0.1) is 11.5 Å². The molecule has 0 saturated carbocycles. The summed E-state index contributed by atoms with van der Waals surface area (Å²) in [5.74, 6) is -0.448. The molecule has 1 N–H and O–H groups in total. The molecule has 0 atom stereocenters. The van der Waals surface area contributed by atoms with E-state index in [2.05, 4.69) is 5.32 Å². The molecule has 2 aromatic carbocycles. The van der Waals surface area contributed by atoms with Crippen LogP contribution < -0.4 is 10.1 Å². The van der Waals surface area contributed by atoms with Crippen molar-refractivity contribution in [2.75, 3.05) is 18.5 Å². The second-order valence-electron chi connectivity index (χ2n) is 6.69. The van der Waals surface area contributed by atoms with Crippen LogP contribution in [0.25, 0.3) is 0 Å². The highest BCUT2D eigenvalue weighted by Gasteiger charge is 2.18. The number of amides is 1. The lowest BCUT2D eigenvalue weighted by molar-refractivity contribution is -0.384. The minimum atomic E-state index is -0.638. The van der Waals surface area contributed by atoms with Gasteiger partial charge in [0, 0.05) is 12.5 Å². The molecule has 0 aromatic heterocycles. The fraction of sp³-hybridized carbons (Fsp3) is 0.333. The van der Waals surface area contributed by atoms with E-state index >= 15 is 0 Å². The first-order chi connectivity index (χ1) is 13.8. The van der Waals surface area contributed by atoms with Crippen LogP contribution in [0.1, 0.15) is 29.5 Å². The molecule has 0 radical (unpaired) electrons.